The highest BCUT2D eigenvalue weighted by molar-refractivity contribution is 6.01. The van der Waals surface area contributed by atoms with Crippen molar-refractivity contribution >= 4 is 22.7 Å². The van der Waals surface area contributed by atoms with Gasteiger partial charge in [-0.15, -0.1) is 0 Å². The highest BCUT2D eigenvalue weighted by Gasteiger charge is 2.56. The lowest BCUT2D eigenvalue weighted by molar-refractivity contribution is -0.166. The summed E-state index contributed by atoms with van der Waals surface area (Å²) in [4.78, 5) is 34.7. The average molecular weight is 514 g/mol. The van der Waals surface area contributed by atoms with Crippen LogP contribution < -0.4 is 9.47 Å². The Labute approximate surface area is 219 Å². The molecule has 1 aromatic heterocycles. The van der Waals surface area contributed by atoms with Crippen LogP contribution in [0.15, 0.2) is 66.7 Å². The van der Waals surface area contributed by atoms with Gasteiger partial charge in [0.15, 0.2) is 17.0 Å². The Morgan fingerprint density at radius 2 is 1.76 bits per heavy atom. The number of halogens is 1. The predicted octanol–water partition coefficient (Wildman–Crippen LogP) is 4.56. The van der Waals surface area contributed by atoms with Crippen molar-refractivity contribution in [1.82, 2.24) is 14.8 Å². The van der Waals surface area contributed by atoms with Gasteiger partial charge in [-0.1, -0.05) is 42.5 Å². The standard InChI is InChI=1S/C30H28FN3O4/c1-30-28-26(21-7-4-5-9-23(21)32-28)22(20-8-6-10-24(37-2)27(20)38-3)16-34(30)25(35)17-33(29(30)36)15-18-11-13-19(31)14-12-18/h4-14,22,32H,15-17H2,1-3H3/t22-,30-/m0/s1. The summed E-state index contributed by atoms with van der Waals surface area (Å²) in [5.74, 6) is 0.289. The summed E-state index contributed by atoms with van der Waals surface area (Å²) in [6, 6.07) is 19.7. The molecule has 2 amide bonds. The third-order valence-electron chi connectivity index (χ3n) is 7.91. The molecule has 0 bridgehead atoms. The second-order valence-corrected chi connectivity index (χ2v) is 9.96. The number of aromatic nitrogens is 1. The van der Waals surface area contributed by atoms with E-state index in [-0.39, 0.29) is 36.6 Å². The van der Waals surface area contributed by atoms with Crippen LogP contribution in [0.4, 0.5) is 4.39 Å². The first-order valence-corrected chi connectivity index (χ1v) is 12.5. The fourth-order valence-corrected chi connectivity index (χ4v) is 6.08. The van der Waals surface area contributed by atoms with Crippen LogP contribution in [-0.2, 0) is 21.7 Å². The number of rotatable bonds is 5. The maximum atomic E-state index is 14.2. The van der Waals surface area contributed by atoms with E-state index in [9.17, 15) is 14.0 Å². The van der Waals surface area contributed by atoms with E-state index in [4.69, 9.17) is 9.47 Å². The number of ether oxygens (including phenoxy) is 2. The van der Waals surface area contributed by atoms with Crippen LogP contribution in [0.5, 0.6) is 11.5 Å². The minimum atomic E-state index is -1.23. The molecule has 3 heterocycles. The van der Waals surface area contributed by atoms with Gasteiger partial charge >= 0.3 is 0 Å². The molecule has 2 aliphatic rings. The normalized spacial score (nSPS) is 20.9. The van der Waals surface area contributed by atoms with E-state index in [1.165, 1.54) is 12.1 Å². The van der Waals surface area contributed by atoms with Crippen LogP contribution in [0.25, 0.3) is 10.9 Å². The Morgan fingerprint density at radius 1 is 1.00 bits per heavy atom. The van der Waals surface area contributed by atoms with Crippen molar-refractivity contribution in [3.8, 4) is 11.5 Å². The molecule has 4 aromatic rings. The molecule has 7 nitrogen and oxygen atoms in total. The number of methoxy groups -OCH3 is 2. The lowest BCUT2D eigenvalue weighted by Crippen LogP contribution is -2.67. The molecule has 0 spiro atoms. The van der Waals surface area contributed by atoms with Gasteiger partial charge in [0.1, 0.15) is 12.4 Å². The minimum Gasteiger partial charge on any atom is -0.493 e. The lowest BCUT2D eigenvalue weighted by atomic mass is 9.76. The number of hydrogen-bond acceptors (Lipinski definition) is 4. The maximum Gasteiger partial charge on any atom is 0.255 e. The molecule has 0 saturated carbocycles. The van der Waals surface area contributed by atoms with E-state index in [1.807, 2.05) is 49.4 Å². The topological polar surface area (TPSA) is 74.9 Å². The fraction of sp³-hybridized carbons (Fsp3) is 0.267. The summed E-state index contributed by atoms with van der Waals surface area (Å²) in [6.07, 6.45) is 0. The molecule has 3 aromatic carbocycles. The van der Waals surface area contributed by atoms with Gasteiger partial charge in [0.2, 0.25) is 5.91 Å². The summed E-state index contributed by atoms with van der Waals surface area (Å²) >= 11 is 0. The van der Waals surface area contributed by atoms with Gasteiger partial charge in [-0.25, -0.2) is 4.39 Å². The van der Waals surface area contributed by atoms with Crippen LogP contribution in [0.2, 0.25) is 0 Å². The van der Waals surface area contributed by atoms with Crippen LogP contribution in [0, 0.1) is 5.82 Å². The van der Waals surface area contributed by atoms with Crippen LogP contribution in [0.1, 0.15) is 35.2 Å². The number of amides is 2. The van der Waals surface area contributed by atoms with E-state index in [0.717, 1.165) is 27.6 Å². The molecule has 2 atom stereocenters. The van der Waals surface area contributed by atoms with Gasteiger partial charge in [-0.2, -0.15) is 0 Å². The highest BCUT2D eigenvalue weighted by Crippen LogP contribution is 2.50. The summed E-state index contributed by atoms with van der Waals surface area (Å²) in [6.45, 7) is 2.29. The first-order chi connectivity index (χ1) is 18.4. The number of nitrogens with one attached hydrogen (secondary N) is 1. The Hall–Kier alpha value is -4.33. The largest absolute Gasteiger partial charge is 0.493 e. The zero-order valence-corrected chi connectivity index (χ0v) is 21.5. The molecule has 1 N–H and O–H groups in total. The Morgan fingerprint density at radius 3 is 2.50 bits per heavy atom. The van der Waals surface area contributed by atoms with E-state index in [2.05, 4.69) is 4.98 Å². The number of carbonyl (C=O) groups excluding carboxylic acids is 2. The number of benzene rings is 3. The first kappa shape index (κ1) is 24.0. The number of hydrogen-bond donors (Lipinski definition) is 1. The molecule has 0 unspecified atom stereocenters. The number of piperazine rings is 1. The molecule has 2 aliphatic heterocycles. The quantitative estimate of drug-likeness (QED) is 0.425. The zero-order chi connectivity index (χ0) is 26.6. The Bertz CT molecular complexity index is 1560. The van der Waals surface area contributed by atoms with Crippen LogP contribution in [-0.4, -0.2) is 53.9 Å². The molecule has 8 heteroatoms. The Balaban J connectivity index is 1.52. The molecular weight excluding hydrogens is 485 g/mol. The van der Waals surface area contributed by atoms with Crippen molar-refractivity contribution < 1.29 is 23.5 Å². The second-order valence-electron chi connectivity index (χ2n) is 9.96. The van der Waals surface area contributed by atoms with Crippen molar-refractivity contribution in [1.29, 1.82) is 0 Å². The number of carbonyl (C=O) groups is 2. The molecule has 1 fully saturated rings. The minimum absolute atomic E-state index is 0.0523. The number of aromatic amines is 1. The summed E-state index contributed by atoms with van der Waals surface area (Å²) in [5, 5.41) is 0.995. The molecule has 194 valence electrons. The van der Waals surface area contributed by atoms with Crippen LogP contribution >= 0.6 is 0 Å². The Kier molecular flexibility index (Phi) is 5.63. The van der Waals surface area contributed by atoms with E-state index >= 15 is 0 Å². The summed E-state index contributed by atoms with van der Waals surface area (Å²) in [5.41, 5.74) is 2.97. The maximum absolute atomic E-state index is 14.2. The number of fused-ring (bicyclic) bond motifs is 5. The average Bonchev–Trinajstić information content (AvgIpc) is 3.33. The van der Waals surface area contributed by atoms with E-state index in [1.54, 1.807) is 36.2 Å². The van der Waals surface area contributed by atoms with Crippen molar-refractivity contribution in [3.05, 3.63) is 94.9 Å². The van der Waals surface area contributed by atoms with Gasteiger partial charge in [-0.05, 0) is 42.3 Å². The van der Waals surface area contributed by atoms with Crippen molar-refractivity contribution in [2.45, 2.75) is 24.9 Å². The molecule has 0 aliphatic carbocycles. The fourth-order valence-electron chi connectivity index (χ4n) is 6.08. The highest BCUT2D eigenvalue weighted by atomic mass is 19.1. The first-order valence-electron chi connectivity index (χ1n) is 12.5. The van der Waals surface area contributed by atoms with E-state index in [0.29, 0.717) is 23.7 Å². The van der Waals surface area contributed by atoms with Gasteiger partial charge in [0, 0.05) is 35.5 Å². The van der Waals surface area contributed by atoms with Gasteiger partial charge in [-0.3, -0.25) is 9.59 Å². The predicted molar refractivity (Wildman–Crippen MR) is 141 cm³/mol. The number of H-pyrrole nitrogens is 1. The second kappa shape index (κ2) is 8.90. The smallest absolute Gasteiger partial charge is 0.255 e. The zero-order valence-electron chi connectivity index (χ0n) is 21.5. The SMILES string of the molecule is COc1cccc([C@@H]2CN3C(=O)CN(Cc4ccc(F)cc4)C(=O)[C@]3(C)c3[nH]c4ccccc4c32)c1OC. The van der Waals surface area contributed by atoms with Crippen molar-refractivity contribution in [2.24, 2.45) is 0 Å². The van der Waals surface area contributed by atoms with Gasteiger partial charge < -0.3 is 24.3 Å². The molecule has 1 saturated heterocycles. The molecule has 38 heavy (non-hydrogen) atoms. The van der Waals surface area contributed by atoms with Crippen molar-refractivity contribution in [3.63, 3.8) is 0 Å². The van der Waals surface area contributed by atoms with Crippen molar-refractivity contribution in [2.75, 3.05) is 27.3 Å². The molecular formula is C30H28FN3O4. The summed E-state index contributed by atoms with van der Waals surface area (Å²) in [7, 11) is 3.20. The lowest BCUT2D eigenvalue weighted by Gasteiger charge is -2.51. The third-order valence-corrected chi connectivity index (χ3v) is 7.91. The van der Waals surface area contributed by atoms with Gasteiger partial charge in [0.25, 0.3) is 5.91 Å². The van der Waals surface area contributed by atoms with E-state index < -0.39 is 5.54 Å². The molecule has 0 radical (unpaired) electrons. The molecule has 6 rings (SSSR count). The van der Waals surface area contributed by atoms with Crippen LogP contribution in [0.3, 0.4) is 0 Å². The number of nitrogens with zero attached hydrogens (tertiary/aromatic N) is 2. The monoisotopic (exact) mass is 513 g/mol. The summed E-state index contributed by atoms with van der Waals surface area (Å²) < 4.78 is 24.8. The number of para-hydroxylation sites is 2. The third kappa shape index (κ3) is 3.47. The van der Waals surface area contributed by atoms with Gasteiger partial charge in [0.05, 0.1) is 19.9 Å².